The minimum Gasteiger partial charge on any atom is -0.415 e. The summed E-state index contributed by atoms with van der Waals surface area (Å²) in [6.07, 6.45) is -0.0552. The topological polar surface area (TPSA) is 71.3 Å². The van der Waals surface area contributed by atoms with Crippen molar-refractivity contribution < 1.29 is 13.6 Å². The predicted molar refractivity (Wildman–Crippen MR) is 99.2 cm³/mol. The molecule has 0 aromatic heterocycles. The Morgan fingerprint density at radius 3 is 1.80 bits per heavy atom. The molecule has 1 N–H and O–H groups in total. The minimum atomic E-state index is -3.52. The molecule has 0 radical (unpaired) electrons. The van der Waals surface area contributed by atoms with Crippen LogP contribution in [0.3, 0.4) is 0 Å². The van der Waals surface area contributed by atoms with Crippen molar-refractivity contribution in [3.63, 3.8) is 0 Å². The number of nitrogens with zero attached hydrogens (tertiary/aromatic N) is 1. The van der Waals surface area contributed by atoms with E-state index < -0.39 is 7.60 Å². The number of hydrogen-bond donors (Lipinski definition) is 1. The normalized spacial score (nSPS) is 11.0. The van der Waals surface area contributed by atoms with Gasteiger partial charge in [0.15, 0.2) is 0 Å². The highest BCUT2D eigenvalue weighted by atomic mass is 31.2. The quantitative estimate of drug-likeness (QED) is 0.443. The van der Waals surface area contributed by atoms with Gasteiger partial charge in [0.1, 0.15) is 17.8 Å². The standard InChI is InChI=1S/C19H23N2O3P/c1-14-5-7-18(11-16(14)3)23-25(22,13-21-10-9-20)24-19-8-6-15(2)17(4)12-19/h5-8,11-12,21H,10,13H2,1-4H3. The van der Waals surface area contributed by atoms with Gasteiger partial charge in [-0.05, 0) is 74.2 Å². The lowest BCUT2D eigenvalue weighted by atomic mass is 10.1. The molecule has 2 aromatic rings. The van der Waals surface area contributed by atoms with Crippen molar-refractivity contribution in [3.05, 3.63) is 58.7 Å². The molecule has 0 aliphatic carbocycles. The molecule has 0 aliphatic heterocycles. The smallest absolute Gasteiger partial charge is 0.415 e. The molecule has 5 nitrogen and oxygen atoms in total. The Hall–Kier alpha value is -2.28. The molecule has 6 heteroatoms. The second kappa shape index (κ2) is 8.20. The van der Waals surface area contributed by atoms with Crippen LogP contribution < -0.4 is 14.4 Å². The molecule has 0 spiro atoms. The molecular formula is C19H23N2O3P. The van der Waals surface area contributed by atoms with Gasteiger partial charge in [-0.25, -0.2) is 4.57 Å². The molecule has 0 fully saturated rings. The summed E-state index contributed by atoms with van der Waals surface area (Å²) in [7, 11) is -3.52. The second-order valence-corrected chi connectivity index (χ2v) is 7.93. The molecule has 0 atom stereocenters. The van der Waals surface area contributed by atoms with Crippen molar-refractivity contribution in [2.24, 2.45) is 0 Å². The summed E-state index contributed by atoms with van der Waals surface area (Å²) in [6, 6.07) is 13.0. The van der Waals surface area contributed by atoms with E-state index in [0.29, 0.717) is 11.5 Å². The summed E-state index contributed by atoms with van der Waals surface area (Å²) in [5.74, 6) is 0.961. The van der Waals surface area contributed by atoms with Gasteiger partial charge in [0.25, 0.3) is 0 Å². The van der Waals surface area contributed by atoms with Crippen LogP contribution in [0.4, 0.5) is 0 Å². The van der Waals surface area contributed by atoms with Crippen LogP contribution in [0.15, 0.2) is 36.4 Å². The van der Waals surface area contributed by atoms with Crippen molar-refractivity contribution in [1.82, 2.24) is 5.32 Å². The highest BCUT2D eigenvalue weighted by Crippen LogP contribution is 2.48. The van der Waals surface area contributed by atoms with Crippen molar-refractivity contribution in [2.75, 3.05) is 12.8 Å². The van der Waals surface area contributed by atoms with E-state index >= 15 is 0 Å². The Labute approximate surface area is 149 Å². The second-order valence-electron chi connectivity index (χ2n) is 6.03. The van der Waals surface area contributed by atoms with E-state index in [2.05, 4.69) is 5.32 Å². The van der Waals surface area contributed by atoms with Crippen LogP contribution in [-0.4, -0.2) is 12.8 Å². The third-order valence-electron chi connectivity index (χ3n) is 3.96. The highest BCUT2D eigenvalue weighted by molar-refractivity contribution is 7.54. The zero-order chi connectivity index (χ0) is 18.4. The molecule has 132 valence electrons. The first kappa shape index (κ1) is 19.1. The number of aryl methyl sites for hydroxylation is 4. The molecule has 0 amide bonds. The number of nitrogens with one attached hydrogen (secondary N) is 1. The average Bonchev–Trinajstić information content (AvgIpc) is 2.55. The average molecular weight is 358 g/mol. The Bertz CT molecular complexity index is 786. The minimum absolute atomic E-state index is 0.0552. The van der Waals surface area contributed by atoms with Crippen LogP contribution in [-0.2, 0) is 4.57 Å². The molecule has 0 bridgehead atoms. The predicted octanol–water partition coefficient (Wildman–Crippen LogP) is 4.64. The monoisotopic (exact) mass is 358 g/mol. The largest absolute Gasteiger partial charge is 0.444 e. The first-order valence-corrected chi connectivity index (χ1v) is 9.76. The van der Waals surface area contributed by atoms with Gasteiger partial charge >= 0.3 is 7.60 Å². The maximum atomic E-state index is 13.2. The molecule has 25 heavy (non-hydrogen) atoms. The molecular weight excluding hydrogens is 335 g/mol. The lowest BCUT2D eigenvalue weighted by molar-refractivity contribution is 0.382. The van der Waals surface area contributed by atoms with Crippen LogP contribution in [0.25, 0.3) is 0 Å². The Kier molecular flexibility index (Phi) is 6.25. The summed E-state index contributed by atoms with van der Waals surface area (Å²) in [5.41, 5.74) is 4.33. The fraction of sp³-hybridized carbons (Fsp3) is 0.316. The fourth-order valence-corrected chi connectivity index (χ4v) is 3.62. The van der Waals surface area contributed by atoms with Crippen LogP contribution in [0.5, 0.6) is 11.5 Å². The van der Waals surface area contributed by atoms with Gasteiger partial charge in [-0.2, -0.15) is 5.26 Å². The van der Waals surface area contributed by atoms with E-state index in [-0.39, 0.29) is 12.8 Å². The van der Waals surface area contributed by atoms with Gasteiger partial charge in [-0.1, -0.05) is 12.1 Å². The summed E-state index contributed by atoms with van der Waals surface area (Å²) in [4.78, 5) is 0. The first-order chi connectivity index (χ1) is 11.8. The SMILES string of the molecule is Cc1ccc(OP(=O)(CNCC#N)Oc2ccc(C)c(C)c2)cc1C. The van der Waals surface area contributed by atoms with E-state index in [0.717, 1.165) is 22.3 Å². The number of rotatable bonds is 7. The van der Waals surface area contributed by atoms with Crippen LogP contribution >= 0.6 is 7.60 Å². The first-order valence-electron chi connectivity index (χ1n) is 8.03. The Morgan fingerprint density at radius 2 is 1.40 bits per heavy atom. The van der Waals surface area contributed by atoms with E-state index in [1.807, 2.05) is 58.0 Å². The van der Waals surface area contributed by atoms with E-state index in [9.17, 15) is 4.57 Å². The lowest BCUT2D eigenvalue weighted by Gasteiger charge is -2.21. The lowest BCUT2D eigenvalue weighted by Crippen LogP contribution is -2.20. The van der Waals surface area contributed by atoms with Crippen molar-refractivity contribution >= 4 is 7.60 Å². The number of hydrogen-bond acceptors (Lipinski definition) is 5. The van der Waals surface area contributed by atoms with Gasteiger partial charge in [0.05, 0.1) is 12.6 Å². The molecule has 0 aliphatic rings. The highest BCUT2D eigenvalue weighted by Gasteiger charge is 2.28. The van der Waals surface area contributed by atoms with E-state index in [1.54, 1.807) is 12.1 Å². The van der Waals surface area contributed by atoms with Crippen molar-refractivity contribution in [3.8, 4) is 17.6 Å². The zero-order valence-corrected chi connectivity index (χ0v) is 15.9. The van der Waals surface area contributed by atoms with Crippen LogP contribution in [0.1, 0.15) is 22.3 Å². The van der Waals surface area contributed by atoms with Gasteiger partial charge in [-0.3, -0.25) is 5.32 Å². The summed E-state index contributed by atoms with van der Waals surface area (Å²) < 4.78 is 24.6. The Balaban J connectivity index is 2.25. The molecule has 2 rings (SSSR count). The van der Waals surface area contributed by atoms with Gasteiger partial charge in [-0.15, -0.1) is 0 Å². The Morgan fingerprint density at radius 1 is 0.920 bits per heavy atom. The maximum Gasteiger partial charge on any atom is 0.444 e. The van der Waals surface area contributed by atoms with Crippen molar-refractivity contribution in [2.45, 2.75) is 27.7 Å². The van der Waals surface area contributed by atoms with Crippen molar-refractivity contribution in [1.29, 1.82) is 5.26 Å². The van der Waals surface area contributed by atoms with Crippen LogP contribution in [0.2, 0.25) is 0 Å². The summed E-state index contributed by atoms with van der Waals surface area (Å²) >= 11 is 0. The van der Waals surface area contributed by atoms with Gasteiger partial charge in [0.2, 0.25) is 0 Å². The zero-order valence-electron chi connectivity index (χ0n) is 15.0. The van der Waals surface area contributed by atoms with E-state index in [1.165, 1.54) is 0 Å². The summed E-state index contributed by atoms with van der Waals surface area (Å²) in [5, 5.41) is 11.5. The number of nitriles is 1. The number of benzene rings is 2. The maximum absolute atomic E-state index is 13.2. The molecule has 0 saturated carbocycles. The van der Waals surface area contributed by atoms with Gasteiger partial charge < -0.3 is 9.05 Å². The molecule has 0 saturated heterocycles. The summed E-state index contributed by atoms with van der Waals surface area (Å²) in [6.45, 7) is 7.99. The van der Waals surface area contributed by atoms with E-state index in [4.69, 9.17) is 14.3 Å². The molecule has 0 unspecified atom stereocenters. The third kappa shape index (κ3) is 5.35. The fourth-order valence-electron chi connectivity index (χ4n) is 2.19. The molecule has 2 aromatic carbocycles. The third-order valence-corrected chi connectivity index (χ3v) is 5.54. The van der Waals surface area contributed by atoms with Crippen LogP contribution in [0, 0.1) is 39.0 Å². The van der Waals surface area contributed by atoms with Gasteiger partial charge in [0, 0.05) is 0 Å². The molecule has 0 heterocycles.